The van der Waals surface area contributed by atoms with Crippen molar-refractivity contribution < 1.29 is 9.18 Å². The largest absolute Gasteiger partial charge is 0.349 e. The minimum atomic E-state index is -0.451. The second-order valence-corrected chi connectivity index (χ2v) is 6.48. The zero-order valence-electron chi connectivity index (χ0n) is 13.1. The molecule has 0 aromatic heterocycles. The molecule has 0 bridgehead atoms. The summed E-state index contributed by atoms with van der Waals surface area (Å²) in [4.78, 5) is 12.6. The first-order valence-corrected chi connectivity index (χ1v) is 7.69. The van der Waals surface area contributed by atoms with E-state index in [0.717, 1.165) is 25.9 Å². The summed E-state index contributed by atoms with van der Waals surface area (Å²) < 4.78 is 13.8. The highest BCUT2D eigenvalue weighted by molar-refractivity contribution is 5.82. The highest BCUT2D eigenvalue weighted by atomic mass is 19.1. The van der Waals surface area contributed by atoms with Crippen molar-refractivity contribution in [2.45, 2.75) is 39.7 Å². The molecule has 1 heterocycles. The fourth-order valence-corrected chi connectivity index (χ4v) is 2.94. The summed E-state index contributed by atoms with van der Waals surface area (Å²) in [6.45, 7) is 7.68. The molecule has 2 atom stereocenters. The van der Waals surface area contributed by atoms with Crippen molar-refractivity contribution in [1.82, 2.24) is 10.6 Å². The van der Waals surface area contributed by atoms with Crippen molar-refractivity contribution >= 4 is 5.91 Å². The molecule has 1 aromatic carbocycles. The molecule has 0 aliphatic carbocycles. The molecule has 1 fully saturated rings. The predicted molar refractivity (Wildman–Crippen MR) is 82.3 cm³/mol. The molecule has 3 nitrogen and oxygen atoms in total. The monoisotopic (exact) mass is 292 g/mol. The Morgan fingerprint density at radius 2 is 2.14 bits per heavy atom. The second-order valence-electron chi connectivity index (χ2n) is 6.48. The number of hydrogen-bond donors (Lipinski definition) is 2. The van der Waals surface area contributed by atoms with E-state index in [9.17, 15) is 9.18 Å². The first kappa shape index (κ1) is 16.0. The maximum absolute atomic E-state index is 13.8. The third-order valence-electron chi connectivity index (χ3n) is 4.62. The molecule has 0 radical (unpaired) electrons. The molecule has 1 aliphatic heterocycles. The van der Waals surface area contributed by atoms with Crippen molar-refractivity contribution in [1.29, 1.82) is 0 Å². The maximum atomic E-state index is 13.8. The summed E-state index contributed by atoms with van der Waals surface area (Å²) in [5.41, 5.74) is 0.0795. The number of benzene rings is 1. The molecular weight excluding hydrogens is 267 g/mol. The summed E-state index contributed by atoms with van der Waals surface area (Å²) in [5.74, 6) is 0.0356. The molecule has 0 spiro atoms. The first-order valence-electron chi connectivity index (χ1n) is 7.69. The zero-order chi connectivity index (χ0) is 15.5. The normalized spacial score (nSPS) is 20.9. The molecular formula is C17H25FN2O. The number of rotatable bonds is 4. The molecule has 0 saturated carbocycles. The highest BCUT2D eigenvalue weighted by Crippen LogP contribution is 2.32. The molecule has 2 N–H and O–H groups in total. The molecule has 1 aliphatic rings. The van der Waals surface area contributed by atoms with Gasteiger partial charge >= 0.3 is 0 Å². The van der Waals surface area contributed by atoms with E-state index >= 15 is 0 Å². The Morgan fingerprint density at radius 1 is 1.43 bits per heavy atom. The van der Waals surface area contributed by atoms with Crippen LogP contribution in [0.5, 0.6) is 0 Å². The van der Waals surface area contributed by atoms with Crippen LogP contribution in [0.3, 0.4) is 0 Å². The lowest BCUT2D eigenvalue weighted by atomic mass is 9.74. The van der Waals surface area contributed by atoms with Crippen LogP contribution in [-0.2, 0) is 4.79 Å². The van der Waals surface area contributed by atoms with Crippen LogP contribution in [0.2, 0.25) is 0 Å². The van der Waals surface area contributed by atoms with Gasteiger partial charge in [0.15, 0.2) is 0 Å². The lowest BCUT2D eigenvalue weighted by Gasteiger charge is -2.36. The minimum Gasteiger partial charge on any atom is -0.349 e. The average Bonchev–Trinajstić information content (AvgIpc) is 2.48. The van der Waals surface area contributed by atoms with Crippen LogP contribution in [0.15, 0.2) is 24.3 Å². The Kier molecular flexibility index (Phi) is 4.99. The van der Waals surface area contributed by atoms with Gasteiger partial charge in [0.2, 0.25) is 5.91 Å². The van der Waals surface area contributed by atoms with E-state index in [-0.39, 0.29) is 17.8 Å². The van der Waals surface area contributed by atoms with Crippen molar-refractivity contribution in [3.63, 3.8) is 0 Å². The number of nitrogens with one attached hydrogen (secondary N) is 2. The minimum absolute atomic E-state index is 0.00745. The van der Waals surface area contributed by atoms with Gasteiger partial charge in [-0.25, -0.2) is 4.39 Å². The Bertz CT molecular complexity index is 495. The molecule has 1 amide bonds. The van der Waals surface area contributed by atoms with E-state index in [1.807, 2.05) is 20.8 Å². The van der Waals surface area contributed by atoms with Gasteiger partial charge in [-0.15, -0.1) is 0 Å². The van der Waals surface area contributed by atoms with Crippen molar-refractivity contribution in [2.75, 3.05) is 13.1 Å². The van der Waals surface area contributed by atoms with E-state index in [1.165, 1.54) is 6.07 Å². The molecule has 21 heavy (non-hydrogen) atoms. The van der Waals surface area contributed by atoms with E-state index in [1.54, 1.807) is 18.2 Å². The summed E-state index contributed by atoms with van der Waals surface area (Å²) >= 11 is 0. The van der Waals surface area contributed by atoms with Crippen LogP contribution in [0.25, 0.3) is 0 Å². The zero-order valence-corrected chi connectivity index (χ0v) is 13.1. The van der Waals surface area contributed by atoms with Gasteiger partial charge in [-0.2, -0.15) is 0 Å². The third kappa shape index (κ3) is 3.62. The number of hydrogen-bond acceptors (Lipinski definition) is 2. The number of carbonyl (C=O) groups is 1. The van der Waals surface area contributed by atoms with E-state index in [4.69, 9.17) is 0 Å². The lowest BCUT2D eigenvalue weighted by molar-refractivity contribution is -0.133. The SMILES string of the molecule is C[C@@H](NC(=O)C(C)(C)C1CCCNC1)c1ccccc1F. The summed E-state index contributed by atoms with van der Waals surface area (Å²) in [5, 5.41) is 6.32. The van der Waals surface area contributed by atoms with Crippen molar-refractivity contribution in [3.8, 4) is 0 Å². The van der Waals surface area contributed by atoms with Gasteiger partial charge in [0.05, 0.1) is 6.04 Å². The van der Waals surface area contributed by atoms with E-state index in [0.29, 0.717) is 11.5 Å². The summed E-state index contributed by atoms with van der Waals surface area (Å²) in [6.07, 6.45) is 2.16. The van der Waals surface area contributed by atoms with Crippen LogP contribution >= 0.6 is 0 Å². The number of amides is 1. The third-order valence-corrected chi connectivity index (χ3v) is 4.62. The molecule has 1 aromatic rings. The Labute approximate surface area is 126 Å². The fourth-order valence-electron chi connectivity index (χ4n) is 2.94. The molecule has 116 valence electrons. The standard InChI is InChI=1S/C17H25FN2O/c1-12(14-8-4-5-9-15(14)18)20-16(21)17(2,3)13-7-6-10-19-11-13/h4-5,8-9,12-13,19H,6-7,10-11H2,1-3H3,(H,20,21)/t12-,13?/m1/s1. The Morgan fingerprint density at radius 3 is 2.76 bits per heavy atom. The second kappa shape index (κ2) is 6.56. The van der Waals surface area contributed by atoms with Gasteiger partial charge in [0.1, 0.15) is 5.82 Å². The van der Waals surface area contributed by atoms with Gasteiger partial charge in [-0.3, -0.25) is 4.79 Å². The quantitative estimate of drug-likeness (QED) is 0.895. The Hall–Kier alpha value is -1.42. The molecule has 1 saturated heterocycles. The molecule has 2 rings (SSSR count). The number of halogens is 1. The van der Waals surface area contributed by atoms with E-state index < -0.39 is 5.41 Å². The molecule has 4 heteroatoms. The van der Waals surface area contributed by atoms with Gasteiger partial charge in [-0.05, 0) is 44.8 Å². The molecule has 1 unspecified atom stereocenters. The van der Waals surface area contributed by atoms with Crippen LogP contribution < -0.4 is 10.6 Å². The fraction of sp³-hybridized carbons (Fsp3) is 0.588. The van der Waals surface area contributed by atoms with Crippen LogP contribution in [-0.4, -0.2) is 19.0 Å². The predicted octanol–water partition coefficient (Wildman–Crippen LogP) is 3.03. The smallest absolute Gasteiger partial charge is 0.226 e. The van der Waals surface area contributed by atoms with Gasteiger partial charge in [0, 0.05) is 11.0 Å². The number of carbonyl (C=O) groups excluding carboxylic acids is 1. The van der Waals surface area contributed by atoms with Crippen LogP contribution in [0, 0.1) is 17.2 Å². The van der Waals surface area contributed by atoms with Crippen LogP contribution in [0.1, 0.15) is 45.2 Å². The topological polar surface area (TPSA) is 41.1 Å². The Balaban J connectivity index is 2.04. The van der Waals surface area contributed by atoms with Gasteiger partial charge < -0.3 is 10.6 Å². The van der Waals surface area contributed by atoms with Crippen molar-refractivity contribution in [2.24, 2.45) is 11.3 Å². The highest BCUT2D eigenvalue weighted by Gasteiger charge is 2.37. The van der Waals surface area contributed by atoms with Crippen molar-refractivity contribution in [3.05, 3.63) is 35.6 Å². The average molecular weight is 292 g/mol. The summed E-state index contributed by atoms with van der Waals surface area (Å²) in [7, 11) is 0. The number of piperidine rings is 1. The lowest BCUT2D eigenvalue weighted by Crippen LogP contribution is -2.47. The van der Waals surface area contributed by atoms with Gasteiger partial charge in [0.25, 0.3) is 0 Å². The summed E-state index contributed by atoms with van der Waals surface area (Å²) in [6, 6.07) is 6.26. The van der Waals surface area contributed by atoms with E-state index in [2.05, 4.69) is 10.6 Å². The maximum Gasteiger partial charge on any atom is 0.226 e. The van der Waals surface area contributed by atoms with Crippen LogP contribution in [0.4, 0.5) is 4.39 Å². The first-order chi connectivity index (χ1) is 9.93. The van der Waals surface area contributed by atoms with Gasteiger partial charge in [-0.1, -0.05) is 32.0 Å².